The van der Waals surface area contributed by atoms with Crippen LogP contribution in [0.25, 0.3) is 0 Å². The van der Waals surface area contributed by atoms with Crippen LogP contribution in [0.2, 0.25) is 0 Å². The minimum atomic E-state index is -0.0471. The van der Waals surface area contributed by atoms with Crippen molar-refractivity contribution in [2.75, 3.05) is 7.11 Å². The van der Waals surface area contributed by atoms with Crippen molar-refractivity contribution in [1.29, 1.82) is 0 Å². The number of benzene rings is 1. The van der Waals surface area contributed by atoms with E-state index in [9.17, 15) is 0 Å². The molecule has 0 radical (unpaired) electrons. The van der Waals surface area contributed by atoms with Crippen molar-refractivity contribution in [1.82, 2.24) is 0 Å². The number of hydrogen-bond acceptors (Lipinski definition) is 2. The Morgan fingerprint density at radius 3 is 2.62 bits per heavy atom. The first kappa shape index (κ1) is 10.4. The maximum absolute atomic E-state index is 6.04. The molecule has 2 N–H and O–H groups in total. The lowest BCUT2D eigenvalue weighted by Gasteiger charge is -2.09. The first-order valence-electron chi connectivity index (χ1n) is 4.18. The summed E-state index contributed by atoms with van der Waals surface area (Å²) < 4.78 is 5.12. The molecule has 1 aliphatic rings. The van der Waals surface area contributed by atoms with Crippen LogP contribution in [0.3, 0.4) is 0 Å². The van der Waals surface area contributed by atoms with Gasteiger partial charge < -0.3 is 10.5 Å². The van der Waals surface area contributed by atoms with Crippen molar-refractivity contribution >= 4 is 12.4 Å². The molecule has 0 unspecified atom stereocenters. The molecule has 0 saturated heterocycles. The van der Waals surface area contributed by atoms with E-state index in [2.05, 4.69) is 6.07 Å². The van der Waals surface area contributed by atoms with Crippen LogP contribution in [-0.4, -0.2) is 7.11 Å². The van der Waals surface area contributed by atoms with Gasteiger partial charge in [-0.2, -0.15) is 0 Å². The zero-order chi connectivity index (χ0) is 8.60. The Balaban J connectivity index is 0.000000845. The molecule has 0 heterocycles. The molecule has 2 rings (SSSR count). The summed E-state index contributed by atoms with van der Waals surface area (Å²) >= 11 is 0. The number of halogens is 1. The Labute approximate surface area is 84.5 Å². The fourth-order valence-corrected chi connectivity index (χ4v) is 1.36. The van der Waals surface area contributed by atoms with Gasteiger partial charge in [0, 0.05) is 5.54 Å². The van der Waals surface area contributed by atoms with Crippen LogP contribution in [0, 0.1) is 0 Å². The highest BCUT2D eigenvalue weighted by atomic mass is 35.5. The zero-order valence-corrected chi connectivity index (χ0v) is 8.43. The van der Waals surface area contributed by atoms with E-state index in [1.165, 1.54) is 5.56 Å². The number of nitrogens with two attached hydrogens (primary N) is 1. The maximum Gasteiger partial charge on any atom is 0.119 e. The van der Waals surface area contributed by atoms with Gasteiger partial charge in [0.15, 0.2) is 0 Å². The van der Waals surface area contributed by atoms with Gasteiger partial charge in [-0.05, 0) is 30.5 Å². The van der Waals surface area contributed by atoms with E-state index < -0.39 is 0 Å². The Bertz CT molecular complexity index is 297. The lowest BCUT2D eigenvalue weighted by molar-refractivity contribution is 0.413. The Hall–Kier alpha value is -0.730. The minimum Gasteiger partial charge on any atom is -0.497 e. The molecule has 0 atom stereocenters. The Morgan fingerprint density at radius 1 is 1.38 bits per heavy atom. The van der Waals surface area contributed by atoms with Gasteiger partial charge in [0.1, 0.15) is 5.75 Å². The molecule has 0 aromatic heterocycles. The molecule has 1 aromatic carbocycles. The summed E-state index contributed by atoms with van der Waals surface area (Å²) in [5.74, 6) is 0.893. The van der Waals surface area contributed by atoms with Crippen molar-refractivity contribution in [2.24, 2.45) is 5.73 Å². The van der Waals surface area contributed by atoms with E-state index in [0.717, 1.165) is 18.6 Å². The number of methoxy groups -OCH3 is 1. The Morgan fingerprint density at radius 2 is 2.08 bits per heavy atom. The van der Waals surface area contributed by atoms with Crippen molar-refractivity contribution in [3.05, 3.63) is 29.8 Å². The summed E-state index contributed by atoms with van der Waals surface area (Å²) in [4.78, 5) is 0. The fourth-order valence-electron chi connectivity index (χ4n) is 1.36. The van der Waals surface area contributed by atoms with E-state index in [1.807, 2.05) is 18.2 Å². The third kappa shape index (κ3) is 1.95. The van der Waals surface area contributed by atoms with Crippen molar-refractivity contribution in [2.45, 2.75) is 18.4 Å². The molecular formula is C10H14ClNO. The minimum absolute atomic E-state index is 0. The molecule has 13 heavy (non-hydrogen) atoms. The van der Waals surface area contributed by atoms with Gasteiger partial charge in [0.05, 0.1) is 7.11 Å². The lowest BCUT2D eigenvalue weighted by atomic mass is 10.1. The third-order valence-corrected chi connectivity index (χ3v) is 2.43. The third-order valence-electron chi connectivity index (χ3n) is 2.43. The summed E-state index contributed by atoms with van der Waals surface area (Å²) in [6, 6.07) is 8.01. The molecule has 3 heteroatoms. The standard InChI is InChI=1S/C10H13NO.ClH/c1-12-9-4-2-3-8(7-9)10(11)5-6-10;/h2-4,7H,5-6,11H2,1H3;1H. The van der Waals surface area contributed by atoms with E-state index in [-0.39, 0.29) is 17.9 Å². The average molecular weight is 200 g/mol. The van der Waals surface area contributed by atoms with E-state index in [1.54, 1.807) is 7.11 Å². The van der Waals surface area contributed by atoms with E-state index in [0.29, 0.717) is 0 Å². The Kier molecular flexibility index (Phi) is 2.84. The molecule has 1 fully saturated rings. The summed E-state index contributed by atoms with van der Waals surface area (Å²) in [6.07, 6.45) is 2.19. The molecule has 72 valence electrons. The lowest BCUT2D eigenvalue weighted by Crippen LogP contribution is -2.18. The predicted octanol–water partition coefficient (Wildman–Crippen LogP) is 2.06. The molecule has 1 aliphatic carbocycles. The van der Waals surface area contributed by atoms with Crippen LogP contribution < -0.4 is 10.5 Å². The van der Waals surface area contributed by atoms with Crippen molar-refractivity contribution in [3.8, 4) is 5.75 Å². The quantitative estimate of drug-likeness (QED) is 0.792. The molecule has 1 aromatic rings. The first-order chi connectivity index (χ1) is 5.74. The zero-order valence-electron chi connectivity index (χ0n) is 7.62. The van der Waals surface area contributed by atoms with Gasteiger partial charge in [-0.15, -0.1) is 12.4 Å². The average Bonchev–Trinajstić information content (AvgIpc) is 2.85. The van der Waals surface area contributed by atoms with Crippen LogP contribution in [0.4, 0.5) is 0 Å². The van der Waals surface area contributed by atoms with Gasteiger partial charge in [-0.3, -0.25) is 0 Å². The van der Waals surface area contributed by atoms with E-state index in [4.69, 9.17) is 10.5 Å². The molecule has 0 bridgehead atoms. The van der Waals surface area contributed by atoms with Gasteiger partial charge in [-0.25, -0.2) is 0 Å². The molecule has 0 amide bonds. The van der Waals surface area contributed by atoms with Gasteiger partial charge in [0.2, 0.25) is 0 Å². The van der Waals surface area contributed by atoms with Gasteiger partial charge in [-0.1, -0.05) is 12.1 Å². The molecular weight excluding hydrogens is 186 g/mol. The summed E-state index contributed by atoms with van der Waals surface area (Å²) in [7, 11) is 1.68. The van der Waals surface area contributed by atoms with Gasteiger partial charge >= 0.3 is 0 Å². The fraction of sp³-hybridized carbons (Fsp3) is 0.400. The van der Waals surface area contributed by atoms with Crippen molar-refractivity contribution < 1.29 is 4.74 Å². The second-order valence-corrected chi connectivity index (χ2v) is 3.39. The van der Waals surface area contributed by atoms with Crippen LogP contribution in [0.1, 0.15) is 18.4 Å². The maximum atomic E-state index is 6.04. The molecule has 0 aliphatic heterocycles. The number of ether oxygens (including phenoxy) is 1. The van der Waals surface area contributed by atoms with Crippen LogP contribution in [0.5, 0.6) is 5.75 Å². The summed E-state index contributed by atoms with van der Waals surface area (Å²) in [6.45, 7) is 0. The topological polar surface area (TPSA) is 35.2 Å². The monoisotopic (exact) mass is 199 g/mol. The second kappa shape index (κ2) is 3.56. The molecule has 0 spiro atoms. The highest BCUT2D eigenvalue weighted by molar-refractivity contribution is 5.85. The smallest absolute Gasteiger partial charge is 0.119 e. The molecule has 2 nitrogen and oxygen atoms in total. The normalized spacial score (nSPS) is 17.4. The largest absolute Gasteiger partial charge is 0.497 e. The number of rotatable bonds is 2. The second-order valence-electron chi connectivity index (χ2n) is 3.39. The van der Waals surface area contributed by atoms with Crippen LogP contribution in [-0.2, 0) is 5.54 Å². The SMILES string of the molecule is COc1cccc(C2(N)CC2)c1.Cl. The van der Waals surface area contributed by atoms with Gasteiger partial charge in [0.25, 0.3) is 0 Å². The summed E-state index contributed by atoms with van der Waals surface area (Å²) in [5.41, 5.74) is 7.18. The predicted molar refractivity (Wildman–Crippen MR) is 55.3 cm³/mol. The molecule has 1 saturated carbocycles. The number of hydrogen-bond donors (Lipinski definition) is 1. The summed E-state index contributed by atoms with van der Waals surface area (Å²) in [5, 5.41) is 0. The van der Waals surface area contributed by atoms with Crippen LogP contribution in [0.15, 0.2) is 24.3 Å². The van der Waals surface area contributed by atoms with Crippen molar-refractivity contribution in [3.63, 3.8) is 0 Å². The first-order valence-corrected chi connectivity index (χ1v) is 4.18. The van der Waals surface area contributed by atoms with Crippen LogP contribution >= 0.6 is 12.4 Å². The van der Waals surface area contributed by atoms with E-state index >= 15 is 0 Å². The highest BCUT2D eigenvalue weighted by Crippen LogP contribution is 2.43. The highest BCUT2D eigenvalue weighted by Gasteiger charge is 2.39.